The Kier molecular flexibility index (Phi) is 7.77. The molecule has 1 fully saturated rings. The number of alkyl halides is 6. The Morgan fingerprint density at radius 1 is 1.09 bits per heavy atom. The number of hydrogen-bond acceptors (Lipinski definition) is 4. The molecule has 1 aliphatic rings. The Hall–Kier alpha value is -2.79. The van der Waals surface area contributed by atoms with Gasteiger partial charge in [0.2, 0.25) is 0 Å². The molecule has 34 heavy (non-hydrogen) atoms. The van der Waals surface area contributed by atoms with Gasteiger partial charge in [0, 0.05) is 13.1 Å². The Morgan fingerprint density at radius 2 is 1.82 bits per heavy atom. The third kappa shape index (κ3) is 6.86. The van der Waals surface area contributed by atoms with Crippen LogP contribution in [-0.4, -0.2) is 40.3 Å². The zero-order valence-electron chi connectivity index (χ0n) is 17.9. The highest BCUT2D eigenvalue weighted by Crippen LogP contribution is 2.37. The van der Waals surface area contributed by atoms with E-state index in [1.54, 1.807) is 23.1 Å². The summed E-state index contributed by atoms with van der Waals surface area (Å²) in [4.78, 5) is 12.4. The van der Waals surface area contributed by atoms with Crippen molar-refractivity contribution in [1.29, 1.82) is 0 Å². The predicted octanol–water partition coefficient (Wildman–Crippen LogP) is 5.28. The molecule has 2 N–H and O–H groups in total. The van der Waals surface area contributed by atoms with Crippen LogP contribution in [0.2, 0.25) is 0 Å². The van der Waals surface area contributed by atoms with Crippen LogP contribution in [0, 0.1) is 0 Å². The first-order chi connectivity index (χ1) is 15.8. The maximum atomic E-state index is 13.4. The number of benzene rings is 2. The molecule has 3 rings (SSSR count). The molecule has 2 aromatic rings. The molecule has 1 unspecified atom stereocenters. The van der Waals surface area contributed by atoms with E-state index in [9.17, 15) is 36.2 Å². The second-order valence-corrected chi connectivity index (χ2v) is 8.17. The van der Waals surface area contributed by atoms with E-state index in [0.29, 0.717) is 48.9 Å². The normalized spacial score (nSPS) is 18.5. The Morgan fingerprint density at radius 3 is 2.47 bits per heavy atom. The summed E-state index contributed by atoms with van der Waals surface area (Å²) in [5, 5.41) is 18.8. The average Bonchev–Trinajstić information content (AvgIpc) is 2.72. The van der Waals surface area contributed by atoms with E-state index < -0.39 is 53.6 Å². The maximum Gasteiger partial charge on any atom is 0.416 e. The van der Waals surface area contributed by atoms with Crippen molar-refractivity contribution in [2.75, 3.05) is 13.1 Å². The number of carboxylic acid groups (broad SMARTS) is 1. The van der Waals surface area contributed by atoms with E-state index in [2.05, 4.69) is 0 Å². The second-order valence-electron chi connectivity index (χ2n) is 8.17. The lowest BCUT2D eigenvalue weighted by Gasteiger charge is -2.33. The van der Waals surface area contributed by atoms with Crippen LogP contribution in [0.25, 0.3) is 0 Å². The van der Waals surface area contributed by atoms with Gasteiger partial charge in [-0.2, -0.15) is 26.3 Å². The Labute approximate surface area is 191 Å². The minimum absolute atomic E-state index is 0.190. The number of nitrogens with zero attached hydrogens (tertiary/aromatic N) is 1. The molecule has 5 nitrogen and oxygen atoms in total. The van der Waals surface area contributed by atoms with Crippen LogP contribution in [0.1, 0.15) is 47.6 Å². The first kappa shape index (κ1) is 25.8. The molecule has 0 saturated carbocycles. The smallest absolute Gasteiger partial charge is 0.416 e. The van der Waals surface area contributed by atoms with Crippen LogP contribution in [0.3, 0.4) is 0 Å². The number of aliphatic hydroxyl groups excluding tert-OH is 1. The van der Waals surface area contributed by atoms with Gasteiger partial charge in [0.25, 0.3) is 0 Å². The van der Waals surface area contributed by atoms with Crippen molar-refractivity contribution in [3.8, 4) is 5.75 Å². The minimum Gasteiger partial charge on any atom is -0.489 e. The van der Waals surface area contributed by atoms with Gasteiger partial charge in [-0.25, -0.2) is 0 Å². The molecule has 0 bridgehead atoms. The molecule has 1 aliphatic heterocycles. The molecule has 1 saturated heterocycles. The molecule has 0 amide bonds. The lowest BCUT2D eigenvalue weighted by Crippen LogP contribution is -2.41. The lowest BCUT2D eigenvalue weighted by molar-refractivity contribution is -0.142. The summed E-state index contributed by atoms with van der Waals surface area (Å²) in [5.41, 5.74) is -2.37. The molecule has 1 heterocycles. The number of likely N-dealkylation sites (tertiary alicyclic amines) is 1. The second kappa shape index (κ2) is 10.2. The van der Waals surface area contributed by atoms with E-state index in [-0.39, 0.29) is 13.1 Å². The monoisotopic (exact) mass is 491 g/mol. The number of hydrogen-bond donors (Lipinski definition) is 2. The highest BCUT2D eigenvalue weighted by Gasteiger charge is 2.37. The fourth-order valence-corrected chi connectivity index (χ4v) is 3.94. The van der Waals surface area contributed by atoms with Gasteiger partial charge in [0.1, 0.15) is 11.9 Å². The summed E-state index contributed by atoms with van der Waals surface area (Å²) in [5.74, 6) is -0.821. The largest absolute Gasteiger partial charge is 0.489 e. The van der Waals surface area contributed by atoms with Crippen LogP contribution in [-0.2, 0) is 23.7 Å². The van der Waals surface area contributed by atoms with Crippen LogP contribution in [0.5, 0.6) is 5.75 Å². The van der Waals surface area contributed by atoms with Crippen LogP contribution < -0.4 is 4.74 Å². The predicted molar refractivity (Wildman–Crippen MR) is 109 cm³/mol. The summed E-state index contributed by atoms with van der Waals surface area (Å²) in [7, 11) is 0. The zero-order chi connectivity index (χ0) is 25.1. The highest BCUT2D eigenvalue weighted by atomic mass is 19.4. The Bertz CT molecular complexity index is 1010. The van der Waals surface area contributed by atoms with Crippen molar-refractivity contribution in [1.82, 2.24) is 4.90 Å². The molecule has 2 atom stereocenters. The third-order valence-electron chi connectivity index (χ3n) is 5.51. The van der Waals surface area contributed by atoms with Crippen molar-refractivity contribution in [2.24, 2.45) is 0 Å². The molecule has 0 radical (unpaired) electrons. The maximum absolute atomic E-state index is 13.4. The lowest BCUT2D eigenvalue weighted by atomic mass is 10.0. The molecule has 0 aromatic heterocycles. The van der Waals surface area contributed by atoms with Gasteiger partial charge in [-0.3, -0.25) is 9.69 Å². The summed E-state index contributed by atoms with van der Waals surface area (Å²) in [6.07, 6.45) is -10.6. The number of aliphatic carboxylic acids is 1. The standard InChI is InChI=1S/C23H23F6NO4/c24-22(25,26)16-6-7-19(23(27,28)29)15(9-16)12-30-8-2-5-18(13-30)34-17-4-1-3-14(10-17)20(31)11-21(32)33/h1,3-4,6-7,9-10,18,20,31H,2,5,8,11-13H2,(H,32,33)/t18?,20-/m1/s1. The van der Waals surface area contributed by atoms with Gasteiger partial charge < -0.3 is 14.9 Å². The number of ether oxygens (including phenoxy) is 1. The van der Waals surface area contributed by atoms with Crippen molar-refractivity contribution in [3.05, 3.63) is 64.7 Å². The number of rotatable bonds is 7. The average molecular weight is 491 g/mol. The fraction of sp³-hybridized carbons (Fsp3) is 0.435. The third-order valence-corrected chi connectivity index (χ3v) is 5.51. The number of piperidine rings is 1. The molecule has 11 heteroatoms. The topological polar surface area (TPSA) is 70.0 Å². The van der Waals surface area contributed by atoms with Crippen LogP contribution in [0.4, 0.5) is 26.3 Å². The van der Waals surface area contributed by atoms with E-state index in [0.717, 1.165) is 0 Å². The quantitative estimate of drug-likeness (QED) is 0.516. The minimum atomic E-state index is -4.79. The summed E-state index contributed by atoms with van der Waals surface area (Å²) in [6.45, 7) is 0.260. The summed E-state index contributed by atoms with van der Waals surface area (Å²) in [6, 6.07) is 7.64. The van der Waals surface area contributed by atoms with Gasteiger partial charge in [0.15, 0.2) is 0 Å². The van der Waals surface area contributed by atoms with E-state index >= 15 is 0 Å². The van der Waals surface area contributed by atoms with Gasteiger partial charge >= 0.3 is 18.3 Å². The summed E-state index contributed by atoms with van der Waals surface area (Å²) >= 11 is 0. The van der Waals surface area contributed by atoms with Gasteiger partial charge in [-0.05, 0) is 60.8 Å². The first-order valence-electron chi connectivity index (χ1n) is 10.5. The Balaban J connectivity index is 1.73. The number of carboxylic acids is 1. The number of carbonyl (C=O) groups is 1. The highest BCUT2D eigenvalue weighted by molar-refractivity contribution is 5.67. The van der Waals surface area contributed by atoms with Gasteiger partial charge in [0.05, 0.1) is 23.7 Å². The van der Waals surface area contributed by atoms with E-state index in [1.807, 2.05) is 0 Å². The van der Waals surface area contributed by atoms with Crippen molar-refractivity contribution in [3.63, 3.8) is 0 Å². The molecule has 186 valence electrons. The van der Waals surface area contributed by atoms with Crippen molar-refractivity contribution in [2.45, 2.75) is 50.4 Å². The van der Waals surface area contributed by atoms with Crippen LogP contribution in [0.15, 0.2) is 42.5 Å². The number of aliphatic hydroxyl groups is 1. The van der Waals surface area contributed by atoms with Gasteiger partial charge in [-0.15, -0.1) is 0 Å². The zero-order valence-corrected chi connectivity index (χ0v) is 17.9. The van der Waals surface area contributed by atoms with Crippen molar-refractivity contribution >= 4 is 5.97 Å². The molecular weight excluding hydrogens is 468 g/mol. The number of halogens is 6. The molecular formula is C23H23F6NO4. The molecule has 0 spiro atoms. The molecule has 2 aromatic carbocycles. The fourth-order valence-electron chi connectivity index (χ4n) is 3.94. The van der Waals surface area contributed by atoms with E-state index in [4.69, 9.17) is 9.84 Å². The van der Waals surface area contributed by atoms with Gasteiger partial charge in [-0.1, -0.05) is 12.1 Å². The van der Waals surface area contributed by atoms with E-state index in [1.165, 1.54) is 6.07 Å². The molecule has 0 aliphatic carbocycles. The SMILES string of the molecule is O=C(O)C[C@@H](O)c1cccc(OC2CCCN(Cc3cc(C(F)(F)F)ccc3C(F)(F)F)C2)c1. The van der Waals surface area contributed by atoms with Crippen molar-refractivity contribution < 1.29 is 46.1 Å². The summed E-state index contributed by atoms with van der Waals surface area (Å²) < 4.78 is 85.3. The first-order valence-corrected chi connectivity index (χ1v) is 10.5. The van der Waals surface area contributed by atoms with Crippen LogP contribution >= 0.6 is 0 Å².